The van der Waals surface area contributed by atoms with Crippen molar-refractivity contribution in [3.8, 4) is 0 Å². The minimum atomic E-state index is -0.977. The summed E-state index contributed by atoms with van der Waals surface area (Å²) in [5, 5.41) is 8.80. The van der Waals surface area contributed by atoms with Gasteiger partial charge in [-0.15, -0.1) is 0 Å². The highest BCUT2D eigenvalue weighted by molar-refractivity contribution is 5.77. The van der Waals surface area contributed by atoms with Gasteiger partial charge in [0, 0.05) is 0 Å². The second kappa shape index (κ2) is 3.04. The van der Waals surface area contributed by atoms with Crippen LogP contribution >= 0.6 is 0 Å². The molecule has 0 spiro atoms. The number of benzene rings is 1. The van der Waals surface area contributed by atoms with Crippen molar-refractivity contribution in [3.05, 3.63) is 34.9 Å². The van der Waals surface area contributed by atoms with Gasteiger partial charge >= 0.3 is 5.97 Å². The summed E-state index contributed by atoms with van der Waals surface area (Å²) in [4.78, 5) is 10.7. The predicted molar refractivity (Wildman–Crippen MR) is 45.1 cm³/mol. The van der Waals surface area contributed by atoms with Crippen LogP contribution < -0.4 is 0 Å². The van der Waals surface area contributed by atoms with E-state index in [-0.39, 0.29) is 5.56 Å². The second-order valence-corrected chi connectivity index (χ2v) is 3.36. The minimum absolute atomic E-state index is 0.220. The highest BCUT2D eigenvalue weighted by Gasteiger charge is 2.31. The molecule has 2 rings (SSSR count). The molecule has 14 heavy (non-hydrogen) atoms. The average Bonchev–Trinajstić information content (AvgIpc) is 2.55. The van der Waals surface area contributed by atoms with Crippen LogP contribution in [0.1, 0.15) is 23.5 Å². The molecule has 0 radical (unpaired) electrons. The van der Waals surface area contributed by atoms with Gasteiger partial charge in [0.2, 0.25) is 0 Å². The Morgan fingerprint density at radius 2 is 2.14 bits per heavy atom. The first kappa shape index (κ1) is 9.12. The van der Waals surface area contributed by atoms with E-state index >= 15 is 0 Å². The Hall–Kier alpha value is -1.45. The molecule has 74 valence electrons. The van der Waals surface area contributed by atoms with Crippen LogP contribution in [0, 0.1) is 11.6 Å². The van der Waals surface area contributed by atoms with Crippen LogP contribution in [-0.4, -0.2) is 11.1 Å². The zero-order valence-corrected chi connectivity index (χ0v) is 7.26. The summed E-state index contributed by atoms with van der Waals surface area (Å²) in [6, 6.07) is 2.34. The Bertz CT molecular complexity index is 401. The standard InChI is InChI=1S/C10H8F2O2/c11-8-4-3-5-6(9(8)12)1-2-7(5)10(13)14/h3-4,7H,1-2H2,(H,13,14)/t7-/m0/s1. The summed E-state index contributed by atoms with van der Waals surface area (Å²) in [6.45, 7) is 0. The molecule has 1 N–H and O–H groups in total. The van der Waals surface area contributed by atoms with E-state index in [1.54, 1.807) is 0 Å². The van der Waals surface area contributed by atoms with Crippen LogP contribution in [-0.2, 0) is 11.2 Å². The maximum absolute atomic E-state index is 13.2. The van der Waals surface area contributed by atoms with Crippen molar-refractivity contribution in [3.63, 3.8) is 0 Å². The van der Waals surface area contributed by atoms with Crippen molar-refractivity contribution < 1.29 is 18.7 Å². The highest BCUT2D eigenvalue weighted by Crippen LogP contribution is 2.35. The predicted octanol–water partition coefficient (Wildman–Crippen LogP) is 2.08. The molecule has 1 atom stereocenters. The molecule has 0 amide bonds. The van der Waals surface area contributed by atoms with Gasteiger partial charge in [-0.25, -0.2) is 8.78 Å². The first-order valence-corrected chi connectivity index (χ1v) is 4.31. The molecule has 0 aromatic heterocycles. The smallest absolute Gasteiger partial charge is 0.310 e. The summed E-state index contributed by atoms with van der Waals surface area (Å²) in [5.74, 6) is -3.46. The lowest BCUT2D eigenvalue weighted by Gasteiger charge is -2.05. The Labute approximate surface area is 79.2 Å². The number of hydrogen-bond acceptors (Lipinski definition) is 1. The summed E-state index contributed by atoms with van der Waals surface area (Å²) >= 11 is 0. The fourth-order valence-electron chi connectivity index (χ4n) is 1.89. The number of hydrogen-bond donors (Lipinski definition) is 1. The van der Waals surface area contributed by atoms with Gasteiger partial charge < -0.3 is 5.11 Å². The summed E-state index contributed by atoms with van der Waals surface area (Å²) in [5.41, 5.74) is 0.633. The quantitative estimate of drug-likeness (QED) is 0.750. The van der Waals surface area contributed by atoms with Gasteiger partial charge in [0.15, 0.2) is 11.6 Å². The molecule has 0 heterocycles. The third-order valence-electron chi connectivity index (χ3n) is 2.59. The van der Waals surface area contributed by atoms with Crippen molar-refractivity contribution in [2.45, 2.75) is 18.8 Å². The van der Waals surface area contributed by atoms with Crippen molar-refractivity contribution in [2.24, 2.45) is 0 Å². The molecule has 4 heteroatoms. The van der Waals surface area contributed by atoms with Crippen LogP contribution in [0.25, 0.3) is 0 Å². The van der Waals surface area contributed by atoms with Crippen molar-refractivity contribution >= 4 is 5.97 Å². The fraction of sp³-hybridized carbons (Fsp3) is 0.300. The first-order valence-electron chi connectivity index (χ1n) is 4.31. The van der Waals surface area contributed by atoms with Crippen molar-refractivity contribution in [1.82, 2.24) is 0 Å². The average molecular weight is 198 g/mol. The molecule has 0 saturated carbocycles. The number of fused-ring (bicyclic) bond motifs is 1. The minimum Gasteiger partial charge on any atom is -0.481 e. The molecule has 1 aliphatic carbocycles. The monoisotopic (exact) mass is 198 g/mol. The molecule has 2 nitrogen and oxygen atoms in total. The number of carbonyl (C=O) groups is 1. The van der Waals surface area contributed by atoms with Crippen molar-refractivity contribution in [2.75, 3.05) is 0 Å². The molecule has 0 bridgehead atoms. The molecule has 1 aromatic carbocycles. The molecule has 0 fully saturated rings. The maximum Gasteiger partial charge on any atom is 0.310 e. The van der Waals surface area contributed by atoms with E-state index in [4.69, 9.17) is 5.11 Å². The van der Waals surface area contributed by atoms with Gasteiger partial charge in [0.1, 0.15) is 0 Å². The fourth-order valence-corrected chi connectivity index (χ4v) is 1.89. The van der Waals surface area contributed by atoms with Crippen LogP contribution in [0.4, 0.5) is 8.78 Å². The molecular formula is C10H8F2O2. The van der Waals surface area contributed by atoms with E-state index in [2.05, 4.69) is 0 Å². The van der Waals surface area contributed by atoms with Gasteiger partial charge in [-0.1, -0.05) is 6.07 Å². The Balaban J connectivity index is 2.53. The van der Waals surface area contributed by atoms with E-state index in [1.165, 1.54) is 6.07 Å². The molecular weight excluding hydrogens is 190 g/mol. The van der Waals surface area contributed by atoms with Crippen LogP contribution in [0.3, 0.4) is 0 Å². The van der Waals surface area contributed by atoms with Crippen molar-refractivity contribution in [1.29, 1.82) is 0 Å². The molecule has 0 unspecified atom stereocenters. The second-order valence-electron chi connectivity index (χ2n) is 3.36. The summed E-state index contributed by atoms with van der Waals surface area (Å²) < 4.78 is 26.0. The van der Waals surface area contributed by atoms with E-state index in [9.17, 15) is 13.6 Å². The largest absolute Gasteiger partial charge is 0.481 e. The Morgan fingerprint density at radius 1 is 1.43 bits per heavy atom. The molecule has 0 saturated heterocycles. The molecule has 1 aromatic rings. The SMILES string of the molecule is O=C(O)[C@H]1CCc2c1ccc(F)c2F. The number of aliphatic carboxylic acids is 1. The van der Waals surface area contributed by atoms with E-state index in [0.717, 1.165) is 6.07 Å². The summed E-state index contributed by atoms with van der Waals surface area (Å²) in [7, 11) is 0. The molecule has 1 aliphatic rings. The molecule has 0 aliphatic heterocycles. The van der Waals surface area contributed by atoms with Gasteiger partial charge in [0.05, 0.1) is 5.92 Å². The van der Waals surface area contributed by atoms with E-state index in [1.807, 2.05) is 0 Å². The van der Waals surface area contributed by atoms with Crippen LogP contribution in [0.15, 0.2) is 12.1 Å². The van der Waals surface area contributed by atoms with E-state index in [0.29, 0.717) is 18.4 Å². The van der Waals surface area contributed by atoms with Crippen LogP contribution in [0.5, 0.6) is 0 Å². The third kappa shape index (κ3) is 1.18. The Morgan fingerprint density at radius 3 is 2.79 bits per heavy atom. The zero-order valence-electron chi connectivity index (χ0n) is 7.26. The third-order valence-corrected chi connectivity index (χ3v) is 2.59. The number of halogens is 2. The normalized spacial score (nSPS) is 19.4. The lowest BCUT2D eigenvalue weighted by atomic mass is 10.0. The Kier molecular flexibility index (Phi) is 1.98. The lowest BCUT2D eigenvalue weighted by molar-refractivity contribution is -0.138. The van der Waals surface area contributed by atoms with Gasteiger partial charge in [-0.05, 0) is 30.0 Å². The topological polar surface area (TPSA) is 37.3 Å². The summed E-state index contributed by atoms with van der Waals surface area (Å²) in [6.07, 6.45) is 0.654. The zero-order chi connectivity index (χ0) is 10.3. The first-order chi connectivity index (χ1) is 6.61. The lowest BCUT2D eigenvalue weighted by Crippen LogP contribution is -2.08. The number of carboxylic acids is 1. The van der Waals surface area contributed by atoms with E-state index < -0.39 is 23.5 Å². The number of carboxylic acid groups (broad SMARTS) is 1. The van der Waals surface area contributed by atoms with Crippen LogP contribution in [0.2, 0.25) is 0 Å². The van der Waals surface area contributed by atoms with Gasteiger partial charge in [0.25, 0.3) is 0 Å². The highest BCUT2D eigenvalue weighted by atomic mass is 19.2. The van der Waals surface area contributed by atoms with Gasteiger partial charge in [-0.3, -0.25) is 4.79 Å². The van der Waals surface area contributed by atoms with Gasteiger partial charge in [-0.2, -0.15) is 0 Å². The maximum atomic E-state index is 13.2. The number of rotatable bonds is 1.